The summed E-state index contributed by atoms with van der Waals surface area (Å²) in [5.41, 5.74) is 0.686. The van der Waals surface area contributed by atoms with Crippen molar-refractivity contribution < 1.29 is 14.0 Å². The summed E-state index contributed by atoms with van der Waals surface area (Å²) in [6, 6.07) is 3.72. The van der Waals surface area contributed by atoms with Gasteiger partial charge in [-0.25, -0.2) is 4.98 Å². The molecule has 0 radical (unpaired) electrons. The molecule has 9 heteroatoms. The number of furan rings is 1. The largest absolute Gasteiger partial charge is 0.459 e. The molecule has 2 aliphatic heterocycles. The first kappa shape index (κ1) is 18.1. The first-order valence-electron chi connectivity index (χ1n) is 9.21. The van der Waals surface area contributed by atoms with Gasteiger partial charge in [0.1, 0.15) is 0 Å². The van der Waals surface area contributed by atoms with Gasteiger partial charge in [-0.05, 0) is 18.6 Å². The predicted octanol–water partition coefficient (Wildman–Crippen LogP) is 1.04. The number of thiazole rings is 1. The number of anilines is 1. The Morgan fingerprint density at radius 2 is 2.19 bits per heavy atom. The van der Waals surface area contributed by atoms with E-state index in [9.17, 15) is 9.59 Å². The molecule has 2 aliphatic rings. The Labute approximate surface area is 161 Å². The van der Waals surface area contributed by atoms with E-state index < -0.39 is 0 Å². The summed E-state index contributed by atoms with van der Waals surface area (Å²) in [5, 5.41) is 8.35. The number of carbonyl (C=O) groups is 2. The molecule has 0 saturated carbocycles. The van der Waals surface area contributed by atoms with Gasteiger partial charge in [-0.3, -0.25) is 19.8 Å². The van der Waals surface area contributed by atoms with Crippen LogP contribution in [0.25, 0.3) is 0 Å². The van der Waals surface area contributed by atoms with Crippen LogP contribution in [0.1, 0.15) is 22.7 Å². The highest BCUT2D eigenvalue weighted by molar-refractivity contribution is 7.14. The molecule has 2 amide bonds. The minimum atomic E-state index is -0.342. The van der Waals surface area contributed by atoms with Gasteiger partial charge in [0.2, 0.25) is 5.91 Å². The van der Waals surface area contributed by atoms with Crippen LogP contribution in [0.15, 0.2) is 28.2 Å². The van der Waals surface area contributed by atoms with Gasteiger partial charge >= 0.3 is 0 Å². The number of nitrogens with one attached hydrogen (secondary N) is 2. The van der Waals surface area contributed by atoms with E-state index in [0.29, 0.717) is 16.9 Å². The molecule has 0 spiro atoms. The minimum Gasteiger partial charge on any atom is -0.459 e. The highest BCUT2D eigenvalue weighted by Gasteiger charge is 2.31. The topological polar surface area (TPSA) is 90.7 Å². The van der Waals surface area contributed by atoms with Crippen molar-refractivity contribution in [2.24, 2.45) is 0 Å². The van der Waals surface area contributed by atoms with Gasteiger partial charge in [0.25, 0.3) is 5.91 Å². The maximum absolute atomic E-state index is 12.6. The monoisotopic (exact) mass is 389 g/mol. The molecule has 2 aromatic heterocycles. The molecule has 0 aromatic carbocycles. The molecule has 4 heterocycles. The molecule has 0 bridgehead atoms. The average Bonchev–Trinajstić information content (AvgIpc) is 3.44. The summed E-state index contributed by atoms with van der Waals surface area (Å²) in [6.45, 7) is 5.76. The number of nitrogens with zero attached hydrogens (tertiary/aromatic N) is 3. The van der Waals surface area contributed by atoms with E-state index in [1.807, 2.05) is 10.3 Å². The molecule has 1 atom stereocenters. The Kier molecular flexibility index (Phi) is 5.51. The Morgan fingerprint density at radius 1 is 1.33 bits per heavy atom. The fourth-order valence-electron chi connectivity index (χ4n) is 3.59. The Morgan fingerprint density at radius 3 is 2.96 bits per heavy atom. The molecule has 2 saturated heterocycles. The summed E-state index contributed by atoms with van der Waals surface area (Å²) in [5.74, 6) is -0.00803. The SMILES string of the molecule is O=C(Nc1nc(CC(=O)N2CCC(N3CCNCC3)C2)cs1)c1ccco1. The summed E-state index contributed by atoms with van der Waals surface area (Å²) in [6.07, 6.45) is 2.75. The van der Waals surface area contributed by atoms with Crippen LogP contribution in [0.2, 0.25) is 0 Å². The number of aromatic nitrogens is 1. The number of carbonyl (C=O) groups excluding carboxylic acids is 2. The second-order valence-electron chi connectivity index (χ2n) is 6.82. The summed E-state index contributed by atoms with van der Waals surface area (Å²) >= 11 is 1.31. The number of likely N-dealkylation sites (tertiary alicyclic amines) is 1. The quantitative estimate of drug-likeness (QED) is 0.794. The van der Waals surface area contributed by atoms with Crippen molar-refractivity contribution in [2.75, 3.05) is 44.6 Å². The molecular weight excluding hydrogens is 366 g/mol. The lowest BCUT2D eigenvalue weighted by atomic mass is 10.2. The smallest absolute Gasteiger partial charge is 0.293 e. The number of piperazine rings is 1. The van der Waals surface area contributed by atoms with E-state index in [2.05, 4.69) is 20.5 Å². The third kappa shape index (κ3) is 4.37. The fraction of sp³-hybridized carbons (Fsp3) is 0.500. The van der Waals surface area contributed by atoms with Crippen molar-refractivity contribution in [2.45, 2.75) is 18.9 Å². The first-order chi connectivity index (χ1) is 13.2. The summed E-state index contributed by atoms with van der Waals surface area (Å²) in [7, 11) is 0. The van der Waals surface area contributed by atoms with Crippen LogP contribution >= 0.6 is 11.3 Å². The standard InChI is InChI=1S/C18H23N5O3S/c24-16(23-6-3-14(11-23)22-7-4-19-5-8-22)10-13-12-27-18(20-13)21-17(25)15-2-1-9-26-15/h1-2,9,12,14,19H,3-8,10-11H2,(H,20,21,25). The van der Waals surface area contributed by atoms with Gasteiger partial charge in [0.15, 0.2) is 10.9 Å². The van der Waals surface area contributed by atoms with Crippen LogP contribution in [-0.2, 0) is 11.2 Å². The Hall–Kier alpha value is -2.23. The van der Waals surface area contributed by atoms with Crippen LogP contribution in [-0.4, -0.2) is 71.9 Å². The van der Waals surface area contributed by atoms with Crippen molar-refractivity contribution in [3.8, 4) is 0 Å². The molecule has 0 aliphatic carbocycles. The van der Waals surface area contributed by atoms with Gasteiger partial charge in [0.05, 0.1) is 18.4 Å². The molecule has 27 heavy (non-hydrogen) atoms. The van der Waals surface area contributed by atoms with Gasteiger partial charge in [-0.1, -0.05) is 0 Å². The maximum Gasteiger partial charge on any atom is 0.293 e. The van der Waals surface area contributed by atoms with Gasteiger partial charge < -0.3 is 14.6 Å². The lowest BCUT2D eigenvalue weighted by Gasteiger charge is -2.32. The molecule has 2 fully saturated rings. The van der Waals surface area contributed by atoms with Gasteiger partial charge in [-0.15, -0.1) is 11.3 Å². The van der Waals surface area contributed by atoms with Crippen LogP contribution in [0, 0.1) is 0 Å². The second kappa shape index (κ2) is 8.20. The Bertz CT molecular complexity index is 785. The second-order valence-corrected chi connectivity index (χ2v) is 7.68. The molecule has 144 valence electrons. The third-order valence-electron chi connectivity index (χ3n) is 5.03. The zero-order valence-corrected chi connectivity index (χ0v) is 15.8. The van der Waals surface area contributed by atoms with E-state index in [4.69, 9.17) is 4.42 Å². The molecule has 1 unspecified atom stereocenters. The van der Waals surface area contributed by atoms with Crippen molar-refractivity contribution >= 4 is 28.3 Å². The van der Waals surface area contributed by atoms with E-state index in [0.717, 1.165) is 45.7 Å². The van der Waals surface area contributed by atoms with Gasteiger partial charge in [-0.2, -0.15) is 0 Å². The van der Waals surface area contributed by atoms with Crippen LogP contribution < -0.4 is 10.6 Å². The summed E-state index contributed by atoms with van der Waals surface area (Å²) in [4.78, 5) is 33.4. The zero-order valence-electron chi connectivity index (χ0n) is 15.0. The predicted molar refractivity (Wildman–Crippen MR) is 102 cm³/mol. The van der Waals surface area contributed by atoms with E-state index in [1.165, 1.54) is 17.6 Å². The minimum absolute atomic E-state index is 0.0989. The van der Waals surface area contributed by atoms with Crippen LogP contribution in [0.4, 0.5) is 5.13 Å². The lowest BCUT2D eigenvalue weighted by molar-refractivity contribution is -0.129. The number of rotatable bonds is 5. The molecule has 4 rings (SSSR count). The van der Waals surface area contributed by atoms with E-state index in [1.54, 1.807) is 12.1 Å². The fourth-order valence-corrected chi connectivity index (χ4v) is 4.30. The van der Waals surface area contributed by atoms with Crippen LogP contribution in [0.5, 0.6) is 0 Å². The highest BCUT2D eigenvalue weighted by Crippen LogP contribution is 2.20. The van der Waals surface area contributed by atoms with E-state index in [-0.39, 0.29) is 24.0 Å². The highest BCUT2D eigenvalue weighted by atomic mass is 32.1. The van der Waals surface area contributed by atoms with Crippen molar-refractivity contribution in [3.05, 3.63) is 35.2 Å². The van der Waals surface area contributed by atoms with Crippen LogP contribution in [0.3, 0.4) is 0 Å². The average molecular weight is 389 g/mol. The van der Waals surface area contributed by atoms with Crippen molar-refractivity contribution in [1.82, 2.24) is 20.1 Å². The lowest BCUT2D eigenvalue weighted by Crippen LogP contribution is -2.49. The zero-order chi connectivity index (χ0) is 18.6. The van der Waals surface area contributed by atoms with Crippen molar-refractivity contribution in [1.29, 1.82) is 0 Å². The first-order valence-corrected chi connectivity index (χ1v) is 10.1. The molecule has 2 aromatic rings. The molecular formula is C18H23N5O3S. The van der Waals surface area contributed by atoms with E-state index >= 15 is 0 Å². The number of amides is 2. The number of hydrogen-bond donors (Lipinski definition) is 2. The van der Waals surface area contributed by atoms with Gasteiger partial charge in [0, 0.05) is 50.7 Å². The maximum atomic E-state index is 12.6. The summed E-state index contributed by atoms with van der Waals surface area (Å²) < 4.78 is 5.06. The normalized spacial score (nSPS) is 20.7. The van der Waals surface area contributed by atoms with Crippen molar-refractivity contribution in [3.63, 3.8) is 0 Å². The number of hydrogen-bond acceptors (Lipinski definition) is 7. The third-order valence-corrected chi connectivity index (χ3v) is 5.84. The Balaban J connectivity index is 1.28. The molecule has 8 nitrogen and oxygen atoms in total. The molecule has 2 N–H and O–H groups in total.